The highest BCUT2D eigenvalue weighted by Crippen LogP contribution is 2.37. The van der Waals surface area contributed by atoms with E-state index in [9.17, 15) is 4.79 Å². The number of aromatic nitrogens is 2. The Morgan fingerprint density at radius 1 is 1.17 bits per heavy atom. The number of thioether (sulfide) groups is 1. The fourth-order valence-corrected chi connectivity index (χ4v) is 6.66. The lowest BCUT2D eigenvalue weighted by molar-refractivity contribution is 0.509. The summed E-state index contributed by atoms with van der Waals surface area (Å²) >= 11 is 6.82. The number of fused-ring (bicyclic) bond motifs is 3. The van der Waals surface area contributed by atoms with Crippen molar-refractivity contribution in [2.75, 3.05) is 0 Å². The van der Waals surface area contributed by atoms with Crippen molar-refractivity contribution in [3.63, 3.8) is 0 Å². The summed E-state index contributed by atoms with van der Waals surface area (Å²) < 4.78 is 2.87. The smallest absolute Gasteiger partial charge is 0.267 e. The van der Waals surface area contributed by atoms with Gasteiger partial charge in [-0.3, -0.25) is 9.36 Å². The van der Waals surface area contributed by atoms with Crippen LogP contribution in [0.3, 0.4) is 0 Å². The van der Waals surface area contributed by atoms with Gasteiger partial charge in [0.1, 0.15) is 4.83 Å². The topological polar surface area (TPSA) is 34.9 Å². The number of hydrogen-bond acceptors (Lipinski definition) is 4. The van der Waals surface area contributed by atoms with E-state index in [2.05, 4.69) is 35.0 Å². The molecule has 2 aromatic carbocycles. The molecule has 0 fully saturated rings. The summed E-state index contributed by atoms with van der Waals surface area (Å²) in [5.74, 6) is 1.44. The SMILES string of the molecule is CC1CCc2c(sc3nc(SCc4ccc(Br)cc4)n(-c4ccccc4)c(=O)c23)C1. The number of halogens is 1. The minimum atomic E-state index is 0.0663. The molecule has 3 nitrogen and oxygen atoms in total. The zero-order valence-electron chi connectivity index (χ0n) is 16.6. The Kier molecular flexibility index (Phi) is 5.56. The maximum Gasteiger partial charge on any atom is 0.267 e. The van der Waals surface area contributed by atoms with Gasteiger partial charge in [0.25, 0.3) is 5.56 Å². The van der Waals surface area contributed by atoms with Crippen LogP contribution in [0.15, 0.2) is 69.0 Å². The van der Waals surface area contributed by atoms with E-state index in [-0.39, 0.29) is 5.56 Å². The number of nitrogens with zero attached hydrogens (tertiary/aromatic N) is 2. The molecule has 0 N–H and O–H groups in total. The summed E-state index contributed by atoms with van der Waals surface area (Å²) in [6, 6.07) is 18.2. The first-order valence-electron chi connectivity index (χ1n) is 10.1. The van der Waals surface area contributed by atoms with Gasteiger partial charge in [-0.15, -0.1) is 11.3 Å². The van der Waals surface area contributed by atoms with Crippen LogP contribution in [0.4, 0.5) is 0 Å². The minimum Gasteiger partial charge on any atom is -0.268 e. The van der Waals surface area contributed by atoms with Crippen molar-refractivity contribution in [1.29, 1.82) is 0 Å². The second kappa shape index (κ2) is 8.33. The van der Waals surface area contributed by atoms with Crippen LogP contribution in [-0.4, -0.2) is 9.55 Å². The number of rotatable bonds is 4. The van der Waals surface area contributed by atoms with Crippen LogP contribution in [-0.2, 0) is 18.6 Å². The van der Waals surface area contributed by atoms with Gasteiger partial charge in [-0.05, 0) is 60.6 Å². The average molecular weight is 497 g/mol. The Bertz CT molecular complexity index is 1260. The second-order valence-electron chi connectivity index (χ2n) is 7.82. The van der Waals surface area contributed by atoms with Crippen LogP contribution in [0.5, 0.6) is 0 Å². The van der Waals surface area contributed by atoms with Crippen LogP contribution in [0.25, 0.3) is 15.9 Å². The lowest BCUT2D eigenvalue weighted by atomic mass is 9.89. The summed E-state index contributed by atoms with van der Waals surface area (Å²) in [6.07, 6.45) is 3.18. The van der Waals surface area contributed by atoms with Crippen LogP contribution in [0.2, 0.25) is 0 Å². The van der Waals surface area contributed by atoms with Crippen molar-refractivity contribution in [3.05, 3.63) is 85.4 Å². The highest BCUT2D eigenvalue weighted by atomic mass is 79.9. The van der Waals surface area contributed by atoms with E-state index in [1.165, 1.54) is 16.0 Å². The number of para-hydroxylation sites is 1. The minimum absolute atomic E-state index is 0.0663. The first-order valence-corrected chi connectivity index (χ1v) is 12.7. The monoisotopic (exact) mass is 496 g/mol. The summed E-state index contributed by atoms with van der Waals surface area (Å²) in [5, 5.41) is 1.59. The van der Waals surface area contributed by atoms with Crippen molar-refractivity contribution in [2.45, 2.75) is 37.1 Å². The van der Waals surface area contributed by atoms with Gasteiger partial charge in [0.05, 0.1) is 11.1 Å². The molecule has 0 amide bonds. The number of thiophene rings is 1. The highest BCUT2D eigenvalue weighted by Gasteiger charge is 2.25. The van der Waals surface area contributed by atoms with Crippen LogP contribution >= 0.6 is 39.0 Å². The van der Waals surface area contributed by atoms with Gasteiger partial charge < -0.3 is 0 Å². The van der Waals surface area contributed by atoms with E-state index >= 15 is 0 Å². The average Bonchev–Trinajstić information content (AvgIpc) is 3.11. The third kappa shape index (κ3) is 3.77. The van der Waals surface area contributed by atoms with Gasteiger partial charge in [0.2, 0.25) is 0 Å². The molecular weight excluding hydrogens is 476 g/mol. The number of aryl methyl sites for hydroxylation is 1. The number of hydrogen-bond donors (Lipinski definition) is 0. The largest absolute Gasteiger partial charge is 0.268 e. The third-order valence-corrected chi connectivity index (χ3v) is 8.28. The Hall–Kier alpha value is -1.89. The predicted octanol–water partition coefficient (Wildman–Crippen LogP) is 6.63. The molecule has 0 aliphatic heterocycles. The summed E-state index contributed by atoms with van der Waals surface area (Å²) in [6.45, 7) is 2.29. The maximum atomic E-state index is 13.7. The van der Waals surface area contributed by atoms with E-state index in [1.807, 2.05) is 42.5 Å². The van der Waals surface area contributed by atoms with Gasteiger partial charge >= 0.3 is 0 Å². The van der Waals surface area contributed by atoms with Gasteiger partial charge in [-0.2, -0.15) is 0 Å². The zero-order chi connectivity index (χ0) is 20.7. The van der Waals surface area contributed by atoms with Crippen LogP contribution < -0.4 is 5.56 Å². The van der Waals surface area contributed by atoms with Crippen molar-refractivity contribution < 1.29 is 0 Å². The lowest BCUT2D eigenvalue weighted by Gasteiger charge is -2.17. The van der Waals surface area contributed by atoms with Crippen molar-refractivity contribution in [2.24, 2.45) is 5.92 Å². The normalized spacial score (nSPS) is 16.0. The molecule has 4 aromatic rings. The van der Waals surface area contributed by atoms with E-state index in [0.29, 0.717) is 5.92 Å². The van der Waals surface area contributed by atoms with E-state index < -0.39 is 0 Å². The molecule has 1 atom stereocenters. The molecule has 0 radical (unpaired) electrons. The molecule has 30 heavy (non-hydrogen) atoms. The van der Waals surface area contributed by atoms with Gasteiger partial charge in [0.15, 0.2) is 5.16 Å². The standard InChI is InChI=1S/C24H21BrN2OS2/c1-15-7-12-19-20(13-15)30-22-21(19)23(28)27(18-5-3-2-4-6-18)24(26-22)29-14-16-8-10-17(25)11-9-16/h2-6,8-11,15H,7,12-14H2,1H3. The van der Waals surface area contributed by atoms with Crippen LogP contribution in [0, 0.1) is 5.92 Å². The fraction of sp³-hybridized carbons (Fsp3) is 0.250. The molecule has 5 rings (SSSR count). The third-order valence-electron chi connectivity index (χ3n) is 5.59. The Labute approximate surface area is 192 Å². The molecule has 0 saturated carbocycles. The molecule has 6 heteroatoms. The fourth-order valence-electron chi connectivity index (χ4n) is 4.00. The quantitative estimate of drug-likeness (QED) is 0.235. The molecule has 1 unspecified atom stereocenters. The molecule has 0 spiro atoms. The Morgan fingerprint density at radius 2 is 1.93 bits per heavy atom. The van der Waals surface area contributed by atoms with Gasteiger partial charge in [-0.1, -0.05) is 64.9 Å². The highest BCUT2D eigenvalue weighted by molar-refractivity contribution is 9.10. The van der Waals surface area contributed by atoms with E-state index in [4.69, 9.17) is 4.98 Å². The molecule has 0 saturated heterocycles. The molecule has 0 bridgehead atoms. The van der Waals surface area contributed by atoms with Crippen molar-refractivity contribution >= 4 is 49.2 Å². The lowest BCUT2D eigenvalue weighted by Crippen LogP contribution is -2.22. The number of benzene rings is 2. The Balaban J connectivity index is 1.64. The molecular formula is C24H21BrN2OS2. The Morgan fingerprint density at radius 3 is 2.70 bits per heavy atom. The maximum absolute atomic E-state index is 13.7. The summed E-state index contributed by atoms with van der Waals surface area (Å²) in [4.78, 5) is 21.0. The molecule has 2 heterocycles. The second-order valence-corrected chi connectivity index (χ2v) is 10.8. The molecule has 2 aromatic heterocycles. The first-order chi connectivity index (χ1) is 14.6. The summed E-state index contributed by atoms with van der Waals surface area (Å²) in [5.41, 5.74) is 3.38. The van der Waals surface area contributed by atoms with E-state index in [1.54, 1.807) is 27.7 Å². The zero-order valence-corrected chi connectivity index (χ0v) is 19.8. The van der Waals surface area contributed by atoms with Gasteiger partial charge in [0, 0.05) is 15.1 Å². The van der Waals surface area contributed by atoms with Gasteiger partial charge in [-0.25, -0.2) is 4.98 Å². The van der Waals surface area contributed by atoms with Crippen molar-refractivity contribution in [1.82, 2.24) is 9.55 Å². The summed E-state index contributed by atoms with van der Waals surface area (Å²) in [7, 11) is 0. The van der Waals surface area contributed by atoms with Crippen LogP contribution in [0.1, 0.15) is 29.3 Å². The molecule has 1 aliphatic carbocycles. The molecule has 152 valence electrons. The first kappa shape index (κ1) is 20.0. The predicted molar refractivity (Wildman–Crippen MR) is 130 cm³/mol. The van der Waals surface area contributed by atoms with E-state index in [0.717, 1.165) is 50.5 Å². The van der Waals surface area contributed by atoms with Crippen molar-refractivity contribution in [3.8, 4) is 5.69 Å². The molecule has 1 aliphatic rings.